The van der Waals surface area contributed by atoms with Crippen molar-refractivity contribution in [3.05, 3.63) is 23.8 Å². The van der Waals surface area contributed by atoms with Crippen molar-refractivity contribution in [2.75, 3.05) is 6.61 Å². The van der Waals surface area contributed by atoms with Crippen LogP contribution in [-0.4, -0.2) is 40.5 Å². The van der Waals surface area contributed by atoms with Gasteiger partial charge in [0.2, 0.25) is 0 Å². The van der Waals surface area contributed by atoms with Crippen molar-refractivity contribution in [1.29, 1.82) is 0 Å². The first-order valence-corrected chi connectivity index (χ1v) is 7.79. The minimum atomic E-state index is -0.963. The van der Waals surface area contributed by atoms with Gasteiger partial charge in [0.15, 0.2) is 11.5 Å². The van der Waals surface area contributed by atoms with Crippen LogP contribution in [0.5, 0.6) is 11.5 Å². The molecule has 1 atom stereocenters. The summed E-state index contributed by atoms with van der Waals surface area (Å²) in [6.45, 7) is 7.26. The van der Waals surface area contributed by atoms with Gasteiger partial charge in [-0.2, -0.15) is 0 Å². The summed E-state index contributed by atoms with van der Waals surface area (Å²) in [7, 11) is 0. The Morgan fingerprint density at radius 3 is 2.42 bits per heavy atom. The van der Waals surface area contributed by atoms with Crippen molar-refractivity contribution < 1.29 is 29.3 Å². The molecule has 0 aromatic heterocycles. The molecular formula is C17H25NO6. The number of hydrogen-bond donors (Lipinski definition) is 3. The third-order valence-electron chi connectivity index (χ3n) is 2.90. The van der Waals surface area contributed by atoms with E-state index < -0.39 is 23.7 Å². The molecular weight excluding hydrogens is 314 g/mol. The minimum Gasteiger partial charge on any atom is -0.504 e. The molecule has 7 heteroatoms. The highest BCUT2D eigenvalue weighted by Crippen LogP contribution is 2.25. The second-order valence-corrected chi connectivity index (χ2v) is 6.39. The Morgan fingerprint density at radius 1 is 1.21 bits per heavy atom. The minimum absolute atomic E-state index is 0.0929. The first-order chi connectivity index (χ1) is 11.1. The average molecular weight is 339 g/mol. The fraction of sp³-hybridized carbons (Fsp3) is 0.529. The maximum Gasteiger partial charge on any atom is 0.408 e. The monoisotopic (exact) mass is 339 g/mol. The summed E-state index contributed by atoms with van der Waals surface area (Å²) in [5.41, 5.74) is -0.140. The molecule has 24 heavy (non-hydrogen) atoms. The van der Waals surface area contributed by atoms with E-state index in [0.717, 1.165) is 0 Å². The van der Waals surface area contributed by atoms with Gasteiger partial charge in [-0.05, 0) is 44.9 Å². The van der Waals surface area contributed by atoms with E-state index in [-0.39, 0.29) is 24.5 Å². The summed E-state index contributed by atoms with van der Waals surface area (Å²) in [4.78, 5) is 24.1. The molecule has 0 aliphatic heterocycles. The lowest BCUT2D eigenvalue weighted by molar-refractivity contribution is -0.146. The Kier molecular flexibility index (Phi) is 6.88. The van der Waals surface area contributed by atoms with Crippen LogP contribution in [0.2, 0.25) is 0 Å². The summed E-state index contributed by atoms with van der Waals surface area (Å²) in [5, 5.41) is 21.4. The number of benzene rings is 1. The largest absolute Gasteiger partial charge is 0.504 e. The van der Waals surface area contributed by atoms with Gasteiger partial charge in [-0.15, -0.1) is 0 Å². The Bertz CT molecular complexity index is 579. The Labute approximate surface area is 141 Å². The van der Waals surface area contributed by atoms with Gasteiger partial charge in [0.1, 0.15) is 11.6 Å². The van der Waals surface area contributed by atoms with Crippen molar-refractivity contribution in [3.63, 3.8) is 0 Å². The van der Waals surface area contributed by atoms with E-state index in [1.54, 1.807) is 26.8 Å². The number of ether oxygens (including phenoxy) is 2. The van der Waals surface area contributed by atoms with Gasteiger partial charge < -0.3 is 25.0 Å². The van der Waals surface area contributed by atoms with Gasteiger partial charge in [-0.3, -0.25) is 0 Å². The molecule has 3 N–H and O–H groups in total. The van der Waals surface area contributed by atoms with Crippen molar-refractivity contribution in [2.24, 2.45) is 0 Å². The number of amides is 1. The lowest BCUT2D eigenvalue weighted by Crippen LogP contribution is -2.45. The maximum atomic E-state index is 12.2. The van der Waals surface area contributed by atoms with Crippen LogP contribution < -0.4 is 5.32 Å². The van der Waals surface area contributed by atoms with Gasteiger partial charge in [-0.25, -0.2) is 9.59 Å². The first-order valence-electron chi connectivity index (χ1n) is 7.79. The van der Waals surface area contributed by atoms with Gasteiger partial charge in [-0.1, -0.05) is 13.0 Å². The number of hydrogen-bond acceptors (Lipinski definition) is 6. The van der Waals surface area contributed by atoms with E-state index in [1.807, 2.05) is 6.92 Å². The number of carbonyl (C=O) groups excluding carboxylic acids is 2. The summed E-state index contributed by atoms with van der Waals surface area (Å²) in [6.07, 6.45) is 0.0181. The summed E-state index contributed by atoms with van der Waals surface area (Å²) in [5.74, 6) is -1.15. The van der Waals surface area contributed by atoms with Crippen LogP contribution in [0.4, 0.5) is 4.79 Å². The second-order valence-electron chi connectivity index (χ2n) is 6.39. The Balaban J connectivity index is 2.85. The van der Waals surface area contributed by atoms with Crippen LogP contribution in [-0.2, 0) is 20.7 Å². The van der Waals surface area contributed by atoms with Crippen molar-refractivity contribution >= 4 is 12.1 Å². The number of aromatic hydroxyl groups is 2. The molecule has 7 nitrogen and oxygen atoms in total. The number of phenols is 2. The zero-order valence-electron chi connectivity index (χ0n) is 14.5. The van der Waals surface area contributed by atoms with Crippen molar-refractivity contribution in [1.82, 2.24) is 5.32 Å². The first kappa shape index (κ1) is 19.6. The van der Waals surface area contributed by atoms with Crippen LogP contribution in [0.15, 0.2) is 18.2 Å². The normalized spacial score (nSPS) is 12.3. The van der Waals surface area contributed by atoms with E-state index >= 15 is 0 Å². The smallest absolute Gasteiger partial charge is 0.408 e. The molecule has 0 spiro atoms. The van der Waals surface area contributed by atoms with Crippen LogP contribution in [0.25, 0.3) is 0 Å². The number of nitrogens with one attached hydrogen (secondary N) is 1. The predicted molar refractivity (Wildman–Crippen MR) is 87.9 cm³/mol. The molecule has 0 radical (unpaired) electrons. The molecule has 1 amide bonds. The van der Waals surface area contributed by atoms with E-state index in [9.17, 15) is 19.8 Å². The number of rotatable bonds is 6. The number of alkyl carbamates (subject to hydrolysis) is 1. The van der Waals surface area contributed by atoms with E-state index in [0.29, 0.717) is 12.0 Å². The summed E-state index contributed by atoms with van der Waals surface area (Å²) < 4.78 is 10.2. The third-order valence-corrected chi connectivity index (χ3v) is 2.90. The van der Waals surface area contributed by atoms with Crippen LogP contribution in [0, 0.1) is 0 Å². The fourth-order valence-corrected chi connectivity index (χ4v) is 1.88. The molecule has 134 valence electrons. The number of esters is 1. The van der Waals surface area contributed by atoms with Crippen LogP contribution in [0.1, 0.15) is 39.7 Å². The molecule has 0 heterocycles. The highest BCUT2D eigenvalue weighted by molar-refractivity contribution is 5.81. The van der Waals surface area contributed by atoms with Gasteiger partial charge in [0.05, 0.1) is 6.61 Å². The van der Waals surface area contributed by atoms with Crippen molar-refractivity contribution in [3.8, 4) is 11.5 Å². The Hall–Kier alpha value is -2.44. The molecule has 0 bridgehead atoms. The second kappa shape index (κ2) is 8.42. The molecule has 1 aromatic rings. The third kappa shape index (κ3) is 6.76. The Morgan fingerprint density at radius 2 is 1.88 bits per heavy atom. The molecule has 0 aliphatic rings. The van der Waals surface area contributed by atoms with Crippen molar-refractivity contribution in [2.45, 2.75) is 52.2 Å². The highest BCUT2D eigenvalue weighted by atomic mass is 16.6. The lowest BCUT2D eigenvalue weighted by atomic mass is 10.1. The van der Waals surface area contributed by atoms with Crippen LogP contribution in [0.3, 0.4) is 0 Å². The SMILES string of the molecule is CCCOC(=O)C(Cc1ccc(O)c(O)c1)NC(=O)OC(C)(C)C. The molecule has 0 saturated heterocycles. The number of carbonyl (C=O) groups is 2. The average Bonchev–Trinajstić information content (AvgIpc) is 2.46. The molecule has 0 fully saturated rings. The molecule has 0 saturated carbocycles. The summed E-state index contributed by atoms with van der Waals surface area (Å²) >= 11 is 0. The molecule has 0 aliphatic carbocycles. The fourth-order valence-electron chi connectivity index (χ4n) is 1.88. The van der Waals surface area contributed by atoms with E-state index in [2.05, 4.69) is 5.32 Å². The zero-order valence-corrected chi connectivity index (χ0v) is 14.5. The molecule has 1 unspecified atom stereocenters. The standard InChI is InChI=1S/C17H25NO6/c1-5-8-23-15(21)12(18-16(22)24-17(2,3)4)9-11-6-7-13(19)14(20)10-11/h6-7,10,12,19-20H,5,8-9H2,1-4H3,(H,18,22). The maximum absolute atomic E-state index is 12.2. The van der Waals surface area contributed by atoms with Gasteiger partial charge in [0.25, 0.3) is 0 Å². The summed E-state index contributed by atoms with van der Waals surface area (Å²) in [6, 6.07) is 3.22. The van der Waals surface area contributed by atoms with Gasteiger partial charge >= 0.3 is 12.1 Å². The quantitative estimate of drug-likeness (QED) is 0.543. The predicted octanol–water partition coefficient (Wildman–Crippen LogP) is 2.49. The van der Waals surface area contributed by atoms with Gasteiger partial charge in [0, 0.05) is 6.42 Å². The zero-order chi connectivity index (χ0) is 18.3. The lowest BCUT2D eigenvalue weighted by Gasteiger charge is -2.23. The highest BCUT2D eigenvalue weighted by Gasteiger charge is 2.26. The van der Waals surface area contributed by atoms with Crippen LogP contribution >= 0.6 is 0 Å². The molecule has 1 rings (SSSR count). The topological polar surface area (TPSA) is 105 Å². The molecule has 1 aromatic carbocycles. The number of phenolic OH excluding ortho intramolecular Hbond substituents is 2. The van der Waals surface area contributed by atoms with E-state index in [4.69, 9.17) is 9.47 Å². The van der Waals surface area contributed by atoms with E-state index in [1.165, 1.54) is 12.1 Å².